The average Bonchev–Trinajstić information content (AvgIpc) is 3.31. The van der Waals surface area contributed by atoms with Gasteiger partial charge in [-0.05, 0) is 62.9 Å². The summed E-state index contributed by atoms with van der Waals surface area (Å²) >= 11 is 3.09. The Morgan fingerprint density at radius 1 is 1.23 bits per heavy atom. The highest BCUT2D eigenvalue weighted by molar-refractivity contribution is 7.99. The van der Waals surface area contributed by atoms with Gasteiger partial charge in [-0.3, -0.25) is 9.59 Å². The van der Waals surface area contributed by atoms with Crippen LogP contribution >= 0.6 is 23.1 Å². The monoisotopic (exact) mass is 442 g/mol. The molecule has 0 bridgehead atoms. The van der Waals surface area contributed by atoms with Crippen molar-refractivity contribution in [1.82, 2.24) is 9.97 Å². The van der Waals surface area contributed by atoms with Crippen molar-refractivity contribution in [2.45, 2.75) is 38.9 Å². The van der Waals surface area contributed by atoms with Crippen LogP contribution in [0, 0.1) is 0 Å². The van der Waals surface area contributed by atoms with Gasteiger partial charge in [-0.2, -0.15) is 0 Å². The van der Waals surface area contributed by atoms with E-state index in [0.717, 1.165) is 53.9 Å². The number of carbonyl (C=O) groups is 1. The van der Waals surface area contributed by atoms with Crippen molar-refractivity contribution < 1.29 is 4.79 Å². The first kappa shape index (κ1) is 20.9. The Morgan fingerprint density at radius 2 is 2.00 bits per heavy atom. The molecule has 0 spiro atoms. The summed E-state index contributed by atoms with van der Waals surface area (Å²) in [6.45, 7) is 6.16. The largest absolute Gasteiger partial charge is 0.372 e. The molecule has 0 unspecified atom stereocenters. The maximum Gasteiger partial charge on any atom is 0.259 e. The molecule has 1 aliphatic carbocycles. The summed E-state index contributed by atoms with van der Waals surface area (Å²) in [4.78, 5) is 36.7. The van der Waals surface area contributed by atoms with Gasteiger partial charge in [-0.1, -0.05) is 0 Å². The predicted molar refractivity (Wildman–Crippen MR) is 127 cm³/mol. The van der Waals surface area contributed by atoms with Crippen molar-refractivity contribution >= 4 is 50.6 Å². The zero-order valence-electron chi connectivity index (χ0n) is 17.3. The summed E-state index contributed by atoms with van der Waals surface area (Å²) < 4.78 is 0. The van der Waals surface area contributed by atoms with Crippen LogP contribution in [0.3, 0.4) is 0 Å². The number of hydrogen-bond donors (Lipinski definition) is 2. The fourth-order valence-corrected chi connectivity index (χ4v) is 5.87. The molecule has 158 valence electrons. The molecule has 1 aliphatic rings. The topological polar surface area (TPSA) is 78.1 Å². The molecule has 0 saturated heterocycles. The number of carbonyl (C=O) groups excluding carboxylic acids is 1. The van der Waals surface area contributed by atoms with Crippen molar-refractivity contribution in [1.29, 1.82) is 0 Å². The van der Waals surface area contributed by atoms with Gasteiger partial charge in [-0.15, -0.1) is 23.1 Å². The summed E-state index contributed by atoms with van der Waals surface area (Å²) in [7, 11) is 0. The third kappa shape index (κ3) is 4.39. The number of nitrogens with one attached hydrogen (secondary N) is 2. The number of aromatic amines is 1. The molecule has 3 aromatic rings. The van der Waals surface area contributed by atoms with Crippen LogP contribution in [0.15, 0.2) is 29.1 Å². The predicted octanol–water partition coefficient (Wildman–Crippen LogP) is 4.19. The van der Waals surface area contributed by atoms with E-state index in [1.807, 2.05) is 24.3 Å². The average molecular weight is 443 g/mol. The van der Waals surface area contributed by atoms with Crippen LogP contribution in [0.1, 0.15) is 36.5 Å². The molecule has 0 radical (unpaired) electrons. The second kappa shape index (κ2) is 9.22. The molecular formula is C22H26N4O2S2. The molecule has 0 fully saturated rings. The van der Waals surface area contributed by atoms with E-state index in [4.69, 9.17) is 0 Å². The van der Waals surface area contributed by atoms with Crippen LogP contribution in [0.4, 0.5) is 11.4 Å². The smallest absolute Gasteiger partial charge is 0.259 e. The number of aryl methyl sites for hydroxylation is 2. The lowest BCUT2D eigenvalue weighted by Gasteiger charge is -2.21. The first-order chi connectivity index (χ1) is 14.6. The fourth-order valence-electron chi connectivity index (χ4n) is 3.90. The molecule has 2 N–H and O–H groups in total. The molecule has 0 atom stereocenters. The number of rotatable bonds is 8. The molecule has 30 heavy (non-hydrogen) atoms. The van der Waals surface area contributed by atoms with E-state index in [2.05, 4.69) is 34.0 Å². The zero-order chi connectivity index (χ0) is 21.1. The molecule has 0 saturated carbocycles. The van der Waals surface area contributed by atoms with Crippen molar-refractivity contribution in [3.05, 3.63) is 50.9 Å². The molecule has 1 aromatic carbocycles. The minimum Gasteiger partial charge on any atom is -0.372 e. The standard InChI is InChI=1S/C22H26N4O2S2/c1-3-26(4-2)15-10-8-14(9-11-15)23-19(27)13-29-12-18-24-21(28)20-16-6-5-7-17(16)30-22(20)25-18/h8-11H,3-7,12-13H2,1-2H3,(H,23,27)(H,24,25,28). The quantitative estimate of drug-likeness (QED) is 0.547. The summed E-state index contributed by atoms with van der Waals surface area (Å²) in [5, 5.41) is 3.70. The normalized spacial score (nSPS) is 12.9. The number of fused-ring (bicyclic) bond motifs is 3. The third-order valence-corrected chi connectivity index (χ3v) is 7.51. The molecule has 2 heterocycles. The van der Waals surface area contributed by atoms with Gasteiger partial charge in [-0.25, -0.2) is 4.98 Å². The van der Waals surface area contributed by atoms with Gasteiger partial charge in [0.15, 0.2) is 0 Å². The Kier molecular flexibility index (Phi) is 6.43. The lowest BCUT2D eigenvalue weighted by molar-refractivity contribution is -0.113. The van der Waals surface area contributed by atoms with Gasteiger partial charge in [0.1, 0.15) is 10.7 Å². The molecular weight excluding hydrogens is 416 g/mol. The van der Waals surface area contributed by atoms with Crippen LogP contribution in [0.5, 0.6) is 0 Å². The number of anilines is 2. The van der Waals surface area contributed by atoms with E-state index in [1.165, 1.54) is 22.2 Å². The number of benzene rings is 1. The molecule has 8 heteroatoms. The van der Waals surface area contributed by atoms with Crippen molar-refractivity contribution in [2.75, 3.05) is 29.1 Å². The van der Waals surface area contributed by atoms with Gasteiger partial charge in [0.25, 0.3) is 5.56 Å². The van der Waals surface area contributed by atoms with E-state index in [9.17, 15) is 9.59 Å². The first-order valence-corrected chi connectivity index (χ1v) is 12.3. The number of H-pyrrole nitrogens is 1. The Bertz CT molecular complexity index is 1100. The van der Waals surface area contributed by atoms with Crippen LogP contribution < -0.4 is 15.8 Å². The highest BCUT2D eigenvalue weighted by Gasteiger charge is 2.21. The Balaban J connectivity index is 1.32. The van der Waals surface area contributed by atoms with Crippen LogP contribution in [0.2, 0.25) is 0 Å². The molecule has 6 nitrogen and oxygen atoms in total. The number of hydrogen-bond acceptors (Lipinski definition) is 6. The maximum absolute atomic E-state index is 12.5. The van der Waals surface area contributed by atoms with Crippen LogP contribution in [-0.4, -0.2) is 34.7 Å². The van der Waals surface area contributed by atoms with Crippen molar-refractivity contribution in [3.63, 3.8) is 0 Å². The molecule has 4 rings (SSSR count). The van der Waals surface area contributed by atoms with Crippen LogP contribution in [0.25, 0.3) is 10.2 Å². The number of amides is 1. The highest BCUT2D eigenvalue weighted by Crippen LogP contribution is 2.34. The highest BCUT2D eigenvalue weighted by atomic mass is 32.2. The summed E-state index contributed by atoms with van der Waals surface area (Å²) in [6, 6.07) is 7.91. The Hall–Kier alpha value is -2.32. The van der Waals surface area contributed by atoms with E-state index in [1.54, 1.807) is 11.3 Å². The van der Waals surface area contributed by atoms with E-state index in [-0.39, 0.29) is 11.5 Å². The van der Waals surface area contributed by atoms with Gasteiger partial charge in [0.2, 0.25) is 5.91 Å². The minimum atomic E-state index is -0.0610. The lowest BCUT2D eigenvalue weighted by Crippen LogP contribution is -2.21. The van der Waals surface area contributed by atoms with Crippen LogP contribution in [-0.2, 0) is 23.4 Å². The van der Waals surface area contributed by atoms with Crippen molar-refractivity contribution in [2.24, 2.45) is 0 Å². The van der Waals surface area contributed by atoms with Gasteiger partial charge in [0, 0.05) is 29.3 Å². The third-order valence-electron chi connectivity index (χ3n) is 5.38. The second-order valence-electron chi connectivity index (χ2n) is 7.31. The Labute approximate surface area is 184 Å². The summed E-state index contributed by atoms with van der Waals surface area (Å²) in [6.07, 6.45) is 3.15. The molecule has 2 aromatic heterocycles. The van der Waals surface area contributed by atoms with E-state index in [0.29, 0.717) is 17.3 Å². The SMILES string of the molecule is CCN(CC)c1ccc(NC(=O)CSCc2nc3sc4c(c3c(=O)[nH]2)CCC4)cc1. The molecule has 0 aliphatic heterocycles. The molecule has 1 amide bonds. The minimum absolute atomic E-state index is 0.0484. The summed E-state index contributed by atoms with van der Waals surface area (Å²) in [5.41, 5.74) is 3.08. The number of aromatic nitrogens is 2. The van der Waals surface area contributed by atoms with E-state index >= 15 is 0 Å². The number of nitrogens with zero attached hydrogens (tertiary/aromatic N) is 2. The van der Waals surface area contributed by atoms with E-state index < -0.39 is 0 Å². The summed E-state index contributed by atoms with van der Waals surface area (Å²) in [5.74, 6) is 1.38. The lowest BCUT2D eigenvalue weighted by atomic mass is 10.2. The van der Waals surface area contributed by atoms with Gasteiger partial charge < -0.3 is 15.2 Å². The Morgan fingerprint density at radius 3 is 2.73 bits per heavy atom. The first-order valence-electron chi connectivity index (χ1n) is 10.3. The van der Waals surface area contributed by atoms with Gasteiger partial charge in [0.05, 0.1) is 16.9 Å². The number of thiophene rings is 1. The fraction of sp³-hybridized carbons (Fsp3) is 0.409. The van der Waals surface area contributed by atoms with Gasteiger partial charge >= 0.3 is 0 Å². The second-order valence-corrected chi connectivity index (χ2v) is 9.38. The number of thioether (sulfide) groups is 1. The van der Waals surface area contributed by atoms with Crippen molar-refractivity contribution in [3.8, 4) is 0 Å². The zero-order valence-corrected chi connectivity index (χ0v) is 18.9. The maximum atomic E-state index is 12.5.